The topological polar surface area (TPSA) is 63.6 Å². The molecule has 1 unspecified atom stereocenters. The molecule has 0 amide bonds. The Hall–Kier alpha value is -1.50. The van der Waals surface area contributed by atoms with Crippen LogP contribution in [-0.2, 0) is 14.3 Å². The van der Waals surface area contributed by atoms with Gasteiger partial charge in [0.2, 0.25) is 0 Å². The maximum absolute atomic E-state index is 11.2. The number of terminal acetylenes is 1. The van der Waals surface area contributed by atoms with Gasteiger partial charge < -0.3 is 9.84 Å². The van der Waals surface area contributed by atoms with Gasteiger partial charge in [0.15, 0.2) is 0 Å². The number of esters is 1. The molecule has 0 aliphatic heterocycles. The van der Waals surface area contributed by atoms with E-state index in [1.165, 1.54) is 0 Å². The molecular formula is C12H18O4. The zero-order chi connectivity index (χ0) is 12.4. The van der Waals surface area contributed by atoms with Crippen LogP contribution in [0.4, 0.5) is 0 Å². The number of hydrogen-bond acceptors (Lipinski definition) is 3. The van der Waals surface area contributed by atoms with Gasteiger partial charge in [0.1, 0.15) is 0 Å². The Morgan fingerprint density at radius 1 is 1.38 bits per heavy atom. The molecule has 4 nitrogen and oxygen atoms in total. The lowest BCUT2D eigenvalue weighted by atomic mass is 10.2. The van der Waals surface area contributed by atoms with Crippen LogP contribution in [0, 0.1) is 12.3 Å². The minimum absolute atomic E-state index is 0.0971. The molecule has 0 radical (unpaired) electrons. The monoisotopic (exact) mass is 226 g/mol. The zero-order valence-electron chi connectivity index (χ0n) is 9.57. The molecule has 0 heterocycles. The third-order valence-corrected chi connectivity index (χ3v) is 2.05. The Labute approximate surface area is 96.0 Å². The van der Waals surface area contributed by atoms with Gasteiger partial charge in [-0.2, -0.15) is 0 Å². The van der Waals surface area contributed by atoms with E-state index in [-0.39, 0.29) is 24.9 Å². The minimum atomic E-state index is -0.837. The molecule has 0 rings (SSSR count). The zero-order valence-corrected chi connectivity index (χ0v) is 9.57. The van der Waals surface area contributed by atoms with E-state index in [1.807, 2.05) is 0 Å². The highest BCUT2D eigenvalue weighted by Crippen LogP contribution is 2.06. The van der Waals surface area contributed by atoms with Crippen LogP contribution in [0.5, 0.6) is 0 Å². The molecule has 0 aromatic rings. The predicted octanol–water partition coefficient (Wildman–Crippen LogP) is 1.98. The van der Waals surface area contributed by atoms with Crippen molar-refractivity contribution in [2.45, 2.75) is 51.6 Å². The van der Waals surface area contributed by atoms with Crippen molar-refractivity contribution in [3.63, 3.8) is 0 Å². The molecule has 0 aromatic carbocycles. The van der Waals surface area contributed by atoms with Crippen molar-refractivity contribution < 1.29 is 19.4 Å². The van der Waals surface area contributed by atoms with Gasteiger partial charge in [0, 0.05) is 19.3 Å². The molecule has 90 valence electrons. The highest BCUT2D eigenvalue weighted by Gasteiger charge is 2.08. The number of unbranched alkanes of at least 4 members (excludes halogenated alkanes) is 1. The van der Waals surface area contributed by atoms with E-state index in [0.717, 1.165) is 0 Å². The first-order valence-corrected chi connectivity index (χ1v) is 5.41. The van der Waals surface area contributed by atoms with Gasteiger partial charge in [0.25, 0.3) is 0 Å². The quantitative estimate of drug-likeness (QED) is 0.390. The van der Waals surface area contributed by atoms with Crippen LogP contribution in [0.2, 0.25) is 0 Å². The van der Waals surface area contributed by atoms with E-state index >= 15 is 0 Å². The molecule has 0 aliphatic rings. The Balaban J connectivity index is 3.51. The van der Waals surface area contributed by atoms with Crippen molar-refractivity contribution in [2.24, 2.45) is 0 Å². The summed E-state index contributed by atoms with van der Waals surface area (Å²) in [5.41, 5.74) is 0. The van der Waals surface area contributed by atoms with E-state index in [1.54, 1.807) is 6.92 Å². The van der Waals surface area contributed by atoms with E-state index in [4.69, 9.17) is 16.3 Å². The van der Waals surface area contributed by atoms with E-state index in [9.17, 15) is 9.59 Å². The summed E-state index contributed by atoms with van der Waals surface area (Å²) in [7, 11) is 0. The number of rotatable bonds is 8. The Kier molecular flexibility index (Phi) is 7.96. The van der Waals surface area contributed by atoms with Crippen molar-refractivity contribution in [3.8, 4) is 12.3 Å². The Morgan fingerprint density at radius 2 is 2.00 bits per heavy atom. The number of hydrogen-bond donors (Lipinski definition) is 1. The predicted molar refractivity (Wildman–Crippen MR) is 59.7 cm³/mol. The van der Waals surface area contributed by atoms with Gasteiger partial charge in [0.05, 0.1) is 6.10 Å². The van der Waals surface area contributed by atoms with Gasteiger partial charge in [-0.15, -0.1) is 12.3 Å². The summed E-state index contributed by atoms with van der Waals surface area (Å²) in [4.78, 5) is 21.4. The van der Waals surface area contributed by atoms with Crippen molar-refractivity contribution in [1.82, 2.24) is 0 Å². The maximum atomic E-state index is 11.2. The van der Waals surface area contributed by atoms with E-state index in [0.29, 0.717) is 25.7 Å². The summed E-state index contributed by atoms with van der Waals surface area (Å²) in [6.45, 7) is 1.80. The van der Waals surface area contributed by atoms with Gasteiger partial charge in [-0.3, -0.25) is 9.59 Å². The van der Waals surface area contributed by atoms with Gasteiger partial charge in [-0.25, -0.2) is 0 Å². The highest BCUT2D eigenvalue weighted by molar-refractivity contribution is 5.70. The fraction of sp³-hybridized carbons (Fsp3) is 0.667. The Bertz CT molecular complexity index is 265. The first-order chi connectivity index (χ1) is 7.56. The molecule has 0 saturated carbocycles. The van der Waals surface area contributed by atoms with Gasteiger partial charge in [-0.05, 0) is 26.2 Å². The van der Waals surface area contributed by atoms with Crippen molar-refractivity contribution in [2.75, 3.05) is 0 Å². The summed E-state index contributed by atoms with van der Waals surface area (Å²) < 4.78 is 5.08. The Morgan fingerprint density at radius 3 is 2.56 bits per heavy atom. The molecule has 1 atom stereocenters. The maximum Gasteiger partial charge on any atom is 0.306 e. The summed E-state index contributed by atoms with van der Waals surface area (Å²) in [5.74, 6) is 1.36. The average molecular weight is 226 g/mol. The second-order valence-electron chi connectivity index (χ2n) is 3.64. The first kappa shape index (κ1) is 14.5. The fourth-order valence-corrected chi connectivity index (χ4v) is 1.17. The van der Waals surface area contributed by atoms with Crippen LogP contribution in [-0.4, -0.2) is 23.1 Å². The van der Waals surface area contributed by atoms with Crippen LogP contribution in [0.1, 0.15) is 45.4 Å². The number of ether oxygens (including phenoxy) is 1. The second-order valence-corrected chi connectivity index (χ2v) is 3.64. The normalized spacial score (nSPS) is 11.5. The molecule has 0 saturated heterocycles. The molecule has 4 heteroatoms. The molecule has 0 fully saturated rings. The van der Waals surface area contributed by atoms with Crippen molar-refractivity contribution in [1.29, 1.82) is 0 Å². The highest BCUT2D eigenvalue weighted by atomic mass is 16.5. The lowest BCUT2D eigenvalue weighted by Gasteiger charge is -2.11. The molecule has 16 heavy (non-hydrogen) atoms. The minimum Gasteiger partial charge on any atom is -0.481 e. The molecule has 0 aliphatic carbocycles. The summed E-state index contributed by atoms with van der Waals surface area (Å²) in [5, 5.41) is 8.39. The lowest BCUT2D eigenvalue weighted by Crippen LogP contribution is -2.14. The lowest BCUT2D eigenvalue weighted by molar-refractivity contribution is -0.149. The third kappa shape index (κ3) is 9.07. The number of carboxylic acids is 1. The summed E-state index contributed by atoms with van der Waals surface area (Å²) in [6.07, 6.45) is 7.60. The molecule has 0 aromatic heterocycles. The smallest absolute Gasteiger partial charge is 0.306 e. The van der Waals surface area contributed by atoms with Crippen LogP contribution in [0.25, 0.3) is 0 Å². The van der Waals surface area contributed by atoms with Crippen LogP contribution in [0.15, 0.2) is 0 Å². The molecule has 0 spiro atoms. The third-order valence-electron chi connectivity index (χ3n) is 2.05. The number of carbonyl (C=O) groups is 2. The summed E-state index contributed by atoms with van der Waals surface area (Å²) >= 11 is 0. The first-order valence-electron chi connectivity index (χ1n) is 5.41. The van der Waals surface area contributed by atoms with Crippen LogP contribution >= 0.6 is 0 Å². The average Bonchev–Trinajstić information content (AvgIpc) is 2.21. The number of aliphatic carboxylic acids is 1. The fourth-order valence-electron chi connectivity index (χ4n) is 1.17. The van der Waals surface area contributed by atoms with Crippen molar-refractivity contribution in [3.05, 3.63) is 0 Å². The van der Waals surface area contributed by atoms with Crippen LogP contribution < -0.4 is 0 Å². The van der Waals surface area contributed by atoms with Gasteiger partial charge in [-0.1, -0.05) is 0 Å². The van der Waals surface area contributed by atoms with Crippen molar-refractivity contribution >= 4 is 11.9 Å². The molecular weight excluding hydrogens is 208 g/mol. The molecule has 0 bridgehead atoms. The van der Waals surface area contributed by atoms with E-state index in [2.05, 4.69) is 5.92 Å². The van der Waals surface area contributed by atoms with E-state index < -0.39 is 5.97 Å². The van der Waals surface area contributed by atoms with Crippen LogP contribution in [0.3, 0.4) is 0 Å². The summed E-state index contributed by atoms with van der Waals surface area (Å²) in [6, 6.07) is 0. The second kappa shape index (κ2) is 8.78. The SMILES string of the molecule is C#CCCC(C)OC(=O)CCCCC(=O)O. The number of carboxylic acid groups (broad SMARTS) is 1. The molecule has 1 N–H and O–H groups in total. The largest absolute Gasteiger partial charge is 0.481 e. The van der Waals surface area contributed by atoms with Gasteiger partial charge >= 0.3 is 11.9 Å². The number of carbonyl (C=O) groups excluding carboxylic acids is 1. The standard InChI is InChI=1S/C12H18O4/c1-3-4-7-10(2)16-12(15)9-6-5-8-11(13)14/h1,10H,4-9H2,2H3,(H,13,14).